The van der Waals surface area contributed by atoms with E-state index in [0.29, 0.717) is 12.8 Å². The van der Waals surface area contributed by atoms with Gasteiger partial charge in [0.2, 0.25) is 0 Å². The van der Waals surface area contributed by atoms with Gasteiger partial charge in [-0.3, -0.25) is 4.98 Å². The summed E-state index contributed by atoms with van der Waals surface area (Å²) in [4.78, 5) is 8.08. The second kappa shape index (κ2) is 5.00. The van der Waals surface area contributed by atoms with Crippen molar-refractivity contribution in [3.63, 3.8) is 0 Å². The van der Waals surface area contributed by atoms with Crippen LogP contribution in [0.4, 0.5) is 0 Å². The molecule has 1 unspecified atom stereocenters. The molecule has 15 heavy (non-hydrogen) atoms. The van der Waals surface area contributed by atoms with E-state index in [1.54, 1.807) is 29.9 Å². The standard InChI is InChI=1S/C11H12N2OS/c14-10(8-11-13-5-6-15-11)7-9-1-3-12-4-2-9/h1-6,10,14H,7-8H2. The van der Waals surface area contributed by atoms with Crippen LogP contribution in [0.1, 0.15) is 10.6 Å². The van der Waals surface area contributed by atoms with Gasteiger partial charge >= 0.3 is 0 Å². The van der Waals surface area contributed by atoms with Crippen molar-refractivity contribution in [3.8, 4) is 0 Å². The Labute approximate surface area is 92.5 Å². The van der Waals surface area contributed by atoms with Crippen LogP contribution in [-0.4, -0.2) is 21.2 Å². The Morgan fingerprint density at radius 1 is 1.20 bits per heavy atom. The van der Waals surface area contributed by atoms with E-state index in [1.165, 1.54) is 0 Å². The van der Waals surface area contributed by atoms with Gasteiger partial charge in [-0.1, -0.05) is 0 Å². The minimum absolute atomic E-state index is 0.362. The lowest BCUT2D eigenvalue weighted by Crippen LogP contribution is -2.13. The average Bonchev–Trinajstić information content (AvgIpc) is 2.71. The van der Waals surface area contributed by atoms with Gasteiger partial charge in [0.05, 0.1) is 11.1 Å². The molecule has 0 aliphatic carbocycles. The van der Waals surface area contributed by atoms with Crippen molar-refractivity contribution < 1.29 is 5.11 Å². The average molecular weight is 220 g/mol. The molecule has 2 aromatic heterocycles. The molecule has 1 atom stereocenters. The van der Waals surface area contributed by atoms with E-state index < -0.39 is 0 Å². The first-order valence-electron chi connectivity index (χ1n) is 4.80. The number of hydrogen-bond donors (Lipinski definition) is 1. The van der Waals surface area contributed by atoms with Crippen molar-refractivity contribution in [2.75, 3.05) is 0 Å². The molecular weight excluding hydrogens is 208 g/mol. The van der Waals surface area contributed by atoms with Crippen LogP contribution in [0.25, 0.3) is 0 Å². The third-order valence-corrected chi connectivity index (χ3v) is 2.92. The molecule has 78 valence electrons. The monoisotopic (exact) mass is 220 g/mol. The van der Waals surface area contributed by atoms with Crippen molar-refractivity contribution in [2.45, 2.75) is 18.9 Å². The second-order valence-electron chi connectivity index (χ2n) is 3.34. The molecule has 0 bridgehead atoms. The van der Waals surface area contributed by atoms with Crippen molar-refractivity contribution in [2.24, 2.45) is 0 Å². The zero-order valence-electron chi connectivity index (χ0n) is 8.21. The van der Waals surface area contributed by atoms with E-state index in [2.05, 4.69) is 9.97 Å². The molecular formula is C11H12N2OS. The molecule has 3 nitrogen and oxygen atoms in total. The van der Waals surface area contributed by atoms with Gasteiger partial charge in [-0.05, 0) is 24.1 Å². The number of rotatable bonds is 4. The molecule has 0 saturated heterocycles. The molecule has 1 N–H and O–H groups in total. The molecule has 0 amide bonds. The Kier molecular flexibility index (Phi) is 3.42. The maximum absolute atomic E-state index is 9.82. The quantitative estimate of drug-likeness (QED) is 0.852. The topological polar surface area (TPSA) is 46.0 Å². The predicted octanol–water partition coefficient (Wildman–Crippen LogP) is 1.68. The van der Waals surface area contributed by atoms with Crippen LogP contribution in [0.15, 0.2) is 36.1 Å². The van der Waals surface area contributed by atoms with Gasteiger partial charge in [-0.25, -0.2) is 4.98 Å². The molecule has 0 fully saturated rings. The summed E-state index contributed by atoms with van der Waals surface area (Å²) in [6, 6.07) is 3.84. The highest BCUT2D eigenvalue weighted by Gasteiger charge is 2.08. The summed E-state index contributed by atoms with van der Waals surface area (Å²) in [5.74, 6) is 0. The summed E-state index contributed by atoms with van der Waals surface area (Å²) >= 11 is 1.58. The molecule has 4 heteroatoms. The molecule has 0 spiro atoms. The third-order valence-electron chi connectivity index (χ3n) is 2.11. The van der Waals surface area contributed by atoms with Crippen molar-refractivity contribution in [1.82, 2.24) is 9.97 Å². The van der Waals surface area contributed by atoms with Crippen molar-refractivity contribution in [3.05, 3.63) is 46.7 Å². The van der Waals surface area contributed by atoms with Gasteiger partial charge < -0.3 is 5.11 Å². The molecule has 0 aliphatic rings. The van der Waals surface area contributed by atoms with Gasteiger partial charge in [0.1, 0.15) is 0 Å². The zero-order valence-corrected chi connectivity index (χ0v) is 9.02. The summed E-state index contributed by atoms with van der Waals surface area (Å²) in [5.41, 5.74) is 1.11. The smallest absolute Gasteiger partial charge is 0.0950 e. The van der Waals surface area contributed by atoms with Gasteiger partial charge in [-0.2, -0.15) is 0 Å². The Morgan fingerprint density at radius 2 is 2.00 bits per heavy atom. The van der Waals surface area contributed by atoms with Crippen molar-refractivity contribution in [1.29, 1.82) is 0 Å². The normalized spacial score (nSPS) is 12.6. The van der Waals surface area contributed by atoms with E-state index in [4.69, 9.17) is 0 Å². The molecule has 0 aromatic carbocycles. The molecule has 0 saturated carbocycles. The molecule has 2 aromatic rings. The van der Waals surface area contributed by atoms with Crippen LogP contribution in [0.2, 0.25) is 0 Å². The molecule has 2 heterocycles. The summed E-state index contributed by atoms with van der Waals surface area (Å²) < 4.78 is 0. The number of hydrogen-bond acceptors (Lipinski definition) is 4. The van der Waals surface area contributed by atoms with Gasteiger partial charge in [0, 0.05) is 30.4 Å². The SMILES string of the molecule is OC(Cc1ccncc1)Cc1nccs1. The first-order valence-corrected chi connectivity index (χ1v) is 5.68. The largest absolute Gasteiger partial charge is 0.392 e. The second-order valence-corrected chi connectivity index (χ2v) is 4.32. The first-order chi connectivity index (χ1) is 7.34. The van der Waals surface area contributed by atoms with Gasteiger partial charge in [0.15, 0.2) is 0 Å². The van der Waals surface area contributed by atoms with Crippen LogP contribution in [0.5, 0.6) is 0 Å². The van der Waals surface area contributed by atoms with Gasteiger partial charge in [-0.15, -0.1) is 11.3 Å². The van der Waals surface area contributed by atoms with Crippen LogP contribution < -0.4 is 0 Å². The Bertz CT molecular complexity index is 388. The van der Waals surface area contributed by atoms with E-state index in [-0.39, 0.29) is 6.10 Å². The number of nitrogens with zero attached hydrogens (tertiary/aromatic N) is 2. The number of aromatic nitrogens is 2. The fourth-order valence-electron chi connectivity index (χ4n) is 1.42. The molecule has 0 radical (unpaired) electrons. The number of thiazole rings is 1. The fraction of sp³-hybridized carbons (Fsp3) is 0.273. The zero-order chi connectivity index (χ0) is 10.5. The number of aliphatic hydroxyl groups is 1. The van der Waals surface area contributed by atoms with Crippen LogP contribution >= 0.6 is 11.3 Å². The lowest BCUT2D eigenvalue weighted by atomic mass is 10.1. The fourth-order valence-corrected chi connectivity index (χ4v) is 2.11. The summed E-state index contributed by atoms with van der Waals surface area (Å²) in [6.07, 6.45) is 6.16. The Hall–Kier alpha value is -1.26. The first kappa shape index (κ1) is 10.3. The van der Waals surface area contributed by atoms with Crippen LogP contribution in [0, 0.1) is 0 Å². The van der Waals surface area contributed by atoms with Crippen molar-refractivity contribution >= 4 is 11.3 Å². The van der Waals surface area contributed by atoms with E-state index in [1.807, 2.05) is 17.5 Å². The minimum atomic E-state index is -0.362. The molecule has 0 aliphatic heterocycles. The predicted molar refractivity (Wildman–Crippen MR) is 59.8 cm³/mol. The summed E-state index contributed by atoms with van der Waals surface area (Å²) in [6.45, 7) is 0. The summed E-state index contributed by atoms with van der Waals surface area (Å²) in [7, 11) is 0. The minimum Gasteiger partial charge on any atom is -0.392 e. The lowest BCUT2D eigenvalue weighted by molar-refractivity contribution is 0.175. The van der Waals surface area contributed by atoms with E-state index in [0.717, 1.165) is 10.6 Å². The maximum atomic E-state index is 9.82. The van der Waals surface area contributed by atoms with Gasteiger partial charge in [0.25, 0.3) is 0 Å². The highest BCUT2D eigenvalue weighted by atomic mass is 32.1. The lowest BCUT2D eigenvalue weighted by Gasteiger charge is -2.08. The van der Waals surface area contributed by atoms with E-state index in [9.17, 15) is 5.11 Å². The third kappa shape index (κ3) is 3.11. The molecule has 2 rings (SSSR count). The Balaban J connectivity index is 1.90. The number of aliphatic hydroxyl groups excluding tert-OH is 1. The highest BCUT2D eigenvalue weighted by Crippen LogP contribution is 2.10. The highest BCUT2D eigenvalue weighted by molar-refractivity contribution is 7.09. The number of pyridine rings is 1. The Morgan fingerprint density at radius 3 is 2.67 bits per heavy atom. The van der Waals surface area contributed by atoms with E-state index >= 15 is 0 Å². The summed E-state index contributed by atoms with van der Waals surface area (Å²) in [5, 5.41) is 12.7. The van der Waals surface area contributed by atoms with Crippen LogP contribution in [0.3, 0.4) is 0 Å². The van der Waals surface area contributed by atoms with Crippen LogP contribution in [-0.2, 0) is 12.8 Å². The maximum Gasteiger partial charge on any atom is 0.0950 e.